The molecule has 1 fully saturated rings. The number of piperazine rings is 1. The van der Waals surface area contributed by atoms with E-state index in [2.05, 4.69) is 80.8 Å². The van der Waals surface area contributed by atoms with Crippen LogP contribution in [-0.2, 0) is 6.42 Å². The molecule has 1 N–H and O–H groups in total. The molecule has 7 heteroatoms. The van der Waals surface area contributed by atoms with Crippen molar-refractivity contribution in [2.24, 2.45) is 0 Å². The largest absolute Gasteiger partial charge is 0.369 e. The van der Waals surface area contributed by atoms with Crippen LogP contribution in [0.25, 0.3) is 16.9 Å². The summed E-state index contributed by atoms with van der Waals surface area (Å²) < 4.78 is 2.13. The lowest BCUT2D eigenvalue weighted by molar-refractivity contribution is 0.267. The number of imidazole rings is 1. The van der Waals surface area contributed by atoms with Crippen molar-refractivity contribution in [1.29, 1.82) is 0 Å². The minimum Gasteiger partial charge on any atom is -0.369 e. The fraction of sp³-hybridized carbons (Fsp3) is 0.370. The van der Waals surface area contributed by atoms with Gasteiger partial charge in [-0.2, -0.15) is 0 Å². The molecule has 0 amide bonds. The monoisotopic (exact) mass is 455 g/mol. The number of anilines is 2. The zero-order chi connectivity index (χ0) is 23.5. The van der Waals surface area contributed by atoms with Crippen LogP contribution in [0, 0.1) is 13.8 Å². The van der Waals surface area contributed by atoms with Gasteiger partial charge in [-0.15, -0.1) is 0 Å². The van der Waals surface area contributed by atoms with Gasteiger partial charge in [0.05, 0.1) is 0 Å². The molecule has 0 atom stereocenters. The SMILES string of the molecule is CCc1nc2c(NCCN3CCN(c4cccc(C)c4C)CC3)ncnc2n1-c1ccccc1. The summed E-state index contributed by atoms with van der Waals surface area (Å²) >= 11 is 0. The van der Waals surface area contributed by atoms with Gasteiger partial charge in [-0.05, 0) is 43.2 Å². The molecule has 0 spiro atoms. The average Bonchev–Trinajstić information content (AvgIpc) is 3.26. The molecule has 34 heavy (non-hydrogen) atoms. The van der Waals surface area contributed by atoms with Crippen LogP contribution in [0.2, 0.25) is 0 Å². The molecule has 0 saturated carbocycles. The van der Waals surface area contributed by atoms with E-state index < -0.39 is 0 Å². The minimum atomic E-state index is 0.809. The highest BCUT2D eigenvalue weighted by Crippen LogP contribution is 2.25. The smallest absolute Gasteiger partial charge is 0.170 e. The van der Waals surface area contributed by atoms with Crippen LogP contribution in [0.5, 0.6) is 0 Å². The van der Waals surface area contributed by atoms with Gasteiger partial charge in [0, 0.05) is 57.1 Å². The molecule has 1 aliphatic heterocycles. The van der Waals surface area contributed by atoms with Crippen LogP contribution in [0.1, 0.15) is 23.9 Å². The third-order valence-corrected chi connectivity index (χ3v) is 6.85. The topological polar surface area (TPSA) is 62.1 Å². The highest BCUT2D eigenvalue weighted by atomic mass is 15.3. The van der Waals surface area contributed by atoms with Crippen LogP contribution in [0.3, 0.4) is 0 Å². The molecule has 7 nitrogen and oxygen atoms in total. The number of hydrogen-bond donors (Lipinski definition) is 1. The summed E-state index contributed by atoms with van der Waals surface area (Å²) in [6, 6.07) is 16.9. The Morgan fingerprint density at radius 3 is 2.47 bits per heavy atom. The molecule has 2 aromatic heterocycles. The van der Waals surface area contributed by atoms with Crippen molar-refractivity contribution in [2.75, 3.05) is 49.5 Å². The lowest BCUT2D eigenvalue weighted by Gasteiger charge is -2.37. The van der Waals surface area contributed by atoms with Gasteiger partial charge < -0.3 is 10.2 Å². The van der Waals surface area contributed by atoms with Gasteiger partial charge >= 0.3 is 0 Å². The van der Waals surface area contributed by atoms with Crippen molar-refractivity contribution in [3.05, 3.63) is 71.8 Å². The standard InChI is InChI=1S/C27H33N7/c1-4-24-31-25-26(29-19-30-27(25)34(24)22-10-6-5-7-11-22)28-13-14-32-15-17-33(18-16-32)23-12-8-9-20(2)21(23)3/h5-12,19H,4,13-18H2,1-3H3,(H,28,29,30). The first-order valence-corrected chi connectivity index (χ1v) is 12.2. The number of hydrogen-bond acceptors (Lipinski definition) is 6. The molecule has 4 aromatic rings. The Kier molecular flexibility index (Phi) is 6.45. The normalized spacial score (nSPS) is 14.6. The highest BCUT2D eigenvalue weighted by molar-refractivity contribution is 5.84. The summed E-state index contributed by atoms with van der Waals surface area (Å²) in [5, 5.41) is 3.53. The Labute approximate surface area is 201 Å². The number of aryl methyl sites for hydroxylation is 2. The molecule has 0 bridgehead atoms. The summed E-state index contributed by atoms with van der Waals surface area (Å²) in [4.78, 5) is 19.0. The van der Waals surface area contributed by atoms with Crippen molar-refractivity contribution < 1.29 is 0 Å². The summed E-state index contributed by atoms with van der Waals surface area (Å²) in [7, 11) is 0. The first-order chi connectivity index (χ1) is 16.7. The van der Waals surface area contributed by atoms with Gasteiger partial charge in [-0.25, -0.2) is 15.0 Å². The van der Waals surface area contributed by atoms with Crippen LogP contribution >= 0.6 is 0 Å². The van der Waals surface area contributed by atoms with Gasteiger partial charge in [0.2, 0.25) is 0 Å². The minimum absolute atomic E-state index is 0.809. The second kappa shape index (κ2) is 9.81. The van der Waals surface area contributed by atoms with Gasteiger partial charge in [0.15, 0.2) is 17.0 Å². The van der Waals surface area contributed by atoms with E-state index in [0.717, 1.165) is 74.2 Å². The summed E-state index contributed by atoms with van der Waals surface area (Å²) in [5.41, 5.74) is 6.90. The molecule has 1 saturated heterocycles. The molecule has 5 rings (SSSR count). The molecule has 176 valence electrons. The molecule has 0 aliphatic carbocycles. The van der Waals surface area contributed by atoms with E-state index in [0.29, 0.717) is 0 Å². The third-order valence-electron chi connectivity index (χ3n) is 6.85. The number of benzene rings is 2. The molecular formula is C27H33N7. The van der Waals surface area contributed by atoms with Crippen molar-refractivity contribution in [3.63, 3.8) is 0 Å². The van der Waals surface area contributed by atoms with E-state index in [-0.39, 0.29) is 0 Å². The third kappa shape index (κ3) is 4.35. The summed E-state index contributed by atoms with van der Waals surface area (Å²) in [6.07, 6.45) is 2.46. The average molecular weight is 456 g/mol. The number of aromatic nitrogens is 4. The summed E-state index contributed by atoms with van der Waals surface area (Å²) in [6.45, 7) is 12.6. The molecule has 3 heterocycles. The Balaban J connectivity index is 1.23. The second-order valence-electron chi connectivity index (χ2n) is 8.92. The van der Waals surface area contributed by atoms with E-state index >= 15 is 0 Å². The van der Waals surface area contributed by atoms with E-state index in [9.17, 15) is 0 Å². The van der Waals surface area contributed by atoms with Crippen LogP contribution in [0.4, 0.5) is 11.5 Å². The van der Waals surface area contributed by atoms with Gasteiger partial charge in [0.25, 0.3) is 0 Å². The molecule has 2 aromatic carbocycles. The van der Waals surface area contributed by atoms with E-state index in [4.69, 9.17) is 4.98 Å². The van der Waals surface area contributed by atoms with Gasteiger partial charge in [0.1, 0.15) is 12.2 Å². The Bertz CT molecular complexity index is 1260. The highest BCUT2D eigenvalue weighted by Gasteiger charge is 2.19. The van der Waals surface area contributed by atoms with Crippen molar-refractivity contribution in [2.45, 2.75) is 27.2 Å². The number of para-hydroxylation sites is 1. The lowest BCUT2D eigenvalue weighted by atomic mass is 10.1. The van der Waals surface area contributed by atoms with Crippen molar-refractivity contribution in [3.8, 4) is 5.69 Å². The fourth-order valence-electron chi connectivity index (χ4n) is 4.78. The Morgan fingerprint density at radius 2 is 1.71 bits per heavy atom. The zero-order valence-corrected chi connectivity index (χ0v) is 20.3. The lowest BCUT2D eigenvalue weighted by Crippen LogP contribution is -2.47. The van der Waals surface area contributed by atoms with E-state index in [1.807, 2.05) is 18.2 Å². The fourth-order valence-corrected chi connectivity index (χ4v) is 4.78. The number of nitrogens with one attached hydrogen (secondary N) is 1. The first kappa shape index (κ1) is 22.3. The van der Waals surface area contributed by atoms with Crippen LogP contribution in [0.15, 0.2) is 54.9 Å². The second-order valence-corrected chi connectivity index (χ2v) is 8.92. The van der Waals surface area contributed by atoms with Crippen LogP contribution < -0.4 is 10.2 Å². The number of rotatable bonds is 7. The Hall–Kier alpha value is -3.45. The maximum Gasteiger partial charge on any atom is 0.170 e. The maximum atomic E-state index is 4.89. The first-order valence-electron chi connectivity index (χ1n) is 12.2. The van der Waals surface area contributed by atoms with Crippen molar-refractivity contribution >= 4 is 22.7 Å². The van der Waals surface area contributed by atoms with Gasteiger partial charge in [-0.1, -0.05) is 37.3 Å². The van der Waals surface area contributed by atoms with E-state index in [1.54, 1.807) is 6.33 Å². The molecule has 0 unspecified atom stereocenters. The molecular weight excluding hydrogens is 422 g/mol. The predicted octanol–water partition coefficient (Wildman–Crippen LogP) is 4.23. The van der Waals surface area contributed by atoms with Gasteiger partial charge in [-0.3, -0.25) is 9.47 Å². The quantitative estimate of drug-likeness (QED) is 0.450. The molecule has 1 aliphatic rings. The van der Waals surface area contributed by atoms with Crippen LogP contribution in [-0.4, -0.2) is 63.7 Å². The number of fused-ring (bicyclic) bond motifs is 1. The maximum absolute atomic E-state index is 4.89. The van der Waals surface area contributed by atoms with Crippen molar-refractivity contribution in [1.82, 2.24) is 24.4 Å². The number of nitrogens with zero attached hydrogens (tertiary/aromatic N) is 6. The molecule has 0 radical (unpaired) electrons. The van der Waals surface area contributed by atoms with E-state index in [1.165, 1.54) is 16.8 Å². The Morgan fingerprint density at radius 1 is 0.912 bits per heavy atom. The summed E-state index contributed by atoms with van der Waals surface area (Å²) in [5.74, 6) is 1.80. The zero-order valence-electron chi connectivity index (χ0n) is 20.3. The predicted molar refractivity (Wildman–Crippen MR) is 139 cm³/mol.